The van der Waals surface area contributed by atoms with Gasteiger partial charge in [-0.15, -0.1) is 11.8 Å². The van der Waals surface area contributed by atoms with Crippen molar-refractivity contribution in [2.45, 2.75) is 5.75 Å². The van der Waals surface area contributed by atoms with Crippen LogP contribution in [0.4, 0.5) is 10.1 Å². The molecule has 132 valence electrons. The van der Waals surface area contributed by atoms with Crippen LogP contribution in [-0.4, -0.2) is 36.6 Å². The van der Waals surface area contributed by atoms with Crippen LogP contribution in [0.15, 0.2) is 42.5 Å². The van der Waals surface area contributed by atoms with E-state index in [0.29, 0.717) is 27.6 Å². The van der Waals surface area contributed by atoms with Gasteiger partial charge in [0.1, 0.15) is 5.82 Å². The smallest absolute Gasteiger partial charge is 0.253 e. The van der Waals surface area contributed by atoms with Gasteiger partial charge in [-0.1, -0.05) is 17.7 Å². The molecule has 0 unspecified atom stereocenters. The fourth-order valence-corrected chi connectivity index (χ4v) is 3.23. The standard InChI is InChI=1S/C18H18ClFN2O2S/c1-22(2)18(24)12-6-8-13(9-7-12)21-17(23)11-25-10-14-15(19)4-3-5-16(14)20/h3-9H,10-11H2,1-2H3,(H,21,23). The number of anilines is 1. The first-order chi connectivity index (χ1) is 11.9. The number of hydrogen-bond donors (Lipinski definition) is 1. The number of rotatable bonds is 6. The molecule has 0 aromatic heterocycles. The molecule has 2 aromatic rings. The Morgan fingerprint density at radius 2 is 1.84 bits per heavy atom. The maximum absolute atomic E-state index is 13.7. The quantitative estimate of drug-likeness (QED) is 0.822. The number of carbonyl (C=O) groups is 2. The van der Waals surface area contributed by atoms with Crippen LogP contribution in [0.3, 0.4) is 0 Å². The first-order valence-electron chi connectivity index (χ1n) is 7.50. The Labute approximate surface area is 155 Å². The topological polar surface area (TPSA) is 49.4 Å². The van der Waals surface area contributed by atoms with Crippen LogP contribution in [0.2, 0.25) is 5.02 Å². The second-order valence-electron chi connectivity index (χ2n) is 5.52. The van der Waals surface area contributed by atoms with E-state index in [-0.39, 0.29) is 23.4 Å². The molecule has 0 saturated carbocycles. The van der Waals surface area contributed by atoms with Crippen molar-refractivity contribution in [2.75, 3.05) is 25.2 Å². The molecule has 25 heavy (non-hydrogen) atoms. The number of thioether (sulfide) groups is 1. The molecule has 0 fully saturated rings. The largest absolute Gasteiger partial charge is 0.345 e. The zero-order valence-corrected chi connectivity index (χ0v) is 15.5. The van der Waals surface area contributed by atoms with E-state index in [2.05, 4.69) is 5.32 Å². The van der Waals surface area contributed by atoms with Gasteiger partial charge in [-0.3, -0.25) is 9.59 Å². The lowest BCUT2D eigenvalue weighted by molar-refractivity contribution is -0.113. The van der Waals surface area contributed by atoms with Crippen LogP contribution in [0.25, 0.3) is 0 Å². The Hall–Kier alpha value is -2.05. The fourth-order valence-electron chi connectivity index (χ4n) is 2.07. The predicted molar refractivity (Wildman–Crippen MR) is 101 cm³/mol. The average molecular weight is 381 g/mol. The third-order valence-electron chi connectivity index (χ3n) is 3.36. The second kappa shape index (κ2) is 8.87. The average Bonchev–Trinajstić information content (AvgIpc) is 2.57. The van der Waals surface area contributed by atoms with Gasteiger partial charge < -0.3 is 10.2 Å². The summed E-state index contributed by atoms with van der Waals surface area (Å²) in [6, 6.07) is 11.2. The summed E-state index contributed by atoms with van der Waals surface area (Å²) in [5.41, 5.74) is 1.55. The Morgan fingerprint density at radius 1 is 1.16 bits per heavy atom. The van der Waals surface area contributed by atoms with Crippen LogP contribution in [0.1, 0.15) is 15.9 Å². The van der Waals surface area contributed by atoms with E-state index in [1.165, 1.54) is 22.7 Å². The number of halogens is 2. The summed E-state index contributed by atoms with van der Waals surface area (Å²) in [6.07, 6.45) is 0. The number of amides is 2. The molecule has 0 atom stereocenters. The molecule has 2 aromatic carbocycles. The molecule has 2 amide bonds. The molecule has 2 rings (SSSR count). The number of hydrogen-bond acceptors (Lipinski definition) is 3. The van der Waals surface area contributed by atoms with Crippen molar-refractivity contribution in [3.8, 4) is 0 Å². The number of carbonyl (C=O) groups excluding carboxylic acids is 2. The van der Waals surface area contributed by atoms with Crippen molar-refractivity contribution >= 4 is 40.9 Å². The van der Waals surface area contributed by atoms with E-state index in [0.717, 1.165) is 0 Å². The molecule has 7 heteroatoms. The highest BCUT2D eigenvalue weighted by Crippen LogP contribution is 2.24. The number of nitrogens with zero attached hydrogens (tertiary/aromatic N) is 1. The van der Waals surface area contributed by atoms with Gasteiger partial charge in [-0.05, 0) is 36.4 Å². The van der Waals surface area contributed by atoms with E-state index in [1.807, 2.05) is 0 Å². The molecule has 0 heterocycles. The molecule has 0 aliphatic rings. The maximum atomic E-state index is 13.7. The van der Waals surface area contributed by atoms with E-state index in [9.17, 15) is 14.0 Å². The minimum Gasteiger partial charge on any atom is -0.345 e. The highest BCUT2D eigenvalue weighted by molar-refractivity contribution is 7.99. The summed E-state index contributed by atoms with van der Waals surface area (Å²) >= 11 is 7.23. The zero-order valence-electron chi connectivity index (χ0n) is 13.9. The lowest BCUT2D eigenvalue weighted by atomic mass is 10.2. The van der Waals surface area contributed by atoms with E-state index in [1.54, 1.807) is 50.5 Å². The van der Waals surface area contributed by atoms with Crippen LogP contribution in [-0.2, 0) is 10.5 Å². The van der Waals surface area contributed by atoms with E-state index in [4.69, 9.17) is 11.6 Å². The van der Waals surface area contributed by atoms with E-state index >= 15 is 0 Å². The van der Waals surface area contributed by atoms with Gasteiger partial charge in [0.2, 0.25) is 5.91 Å². The van der Waals surface area contributed by atoms with E-state index < -0.39 is 0 Å². The fraction of sp³-hybridized carbons (Fsp3) is 0.222. The molecule has 0 bridgehead atoms. The van der Waals surface area contributed by atoms with Crippen LogP contribution in [0.5, 0.6) is 0 Å². The van der Waals surface area contributed by atoms with Gasteiger partial charge in [0.05, 0.1) is 5.75 Å². The minimum atomic E-state index is -0.374. The molecule has 0 spiro atoms. The monoisotopic (exact) mass is 380 g/mol. The summed E-state index contributed by atoms with van der Waals surface area (Å²) in [7, 11) is 3.36. The van der Waals surface area contributed by atoms with Gasteiger partial charge in [0.15, 0.2) is 0 Å². The molecule has 0 aliphatic heterocycles. The van der Waals surface area contributed by atoms with Crippen molar-refractivity contribution in [2.24, 2.45) is 0 Å². The van der Waals surface area contributed by atoms with Crippen molar-refractivity contribution in [1.29, 1.82) is 0 Å². The highest BCUT2D eigenvalue weighted by Gasteiger charge is 2.10. The number of nitrogens with one attached hydrogen (secondary N) is 1. The van der Waals surface area contributed by atoms with Gasteiger partial charge in [-0.2, -0.15) is 0 Å². The summed E-state index contributed by atoms with van der Waals surface area (Å²) in [6.45, 7) is 0. The number of benzene rings is 2. The lowest BCUT2D eigenvalue weighted by Crippen LogP contribution is -2.21. The Morgan fingerprint density at radius 3 is 2.44 bits per heavy atom. The van der Waals surface area contributed by atoms with Crippen molar-refractivity contribution in [3.05, 3.63) is 64.4 Å². The van der Waals surface area contributed by atoms with Crippen molar-refractivity contribution in [1.82, 2.24) is 4.90 Å². The van der Waals surface area contributed by atoms with Crippen LogP contribution < -0.4 is 5.32 Å². The first kappa shape index (κ1) is 19.3. The summed E-state index contributed by atoms with van der Waals surface area (Å²) in [5.74, 6) is -0.195. The SMILES string of the molecule is CN(C)C(=O)c1ccc(NC(=O)CSCc2c(F)cccc2Cl)cc1. The Bertz CT molecular complexity index is 746. The van der Waals surface area contributed by atoms with Crippen molar-refractivity contribution in [3.63, 3.8) is 0 Å². The molecule has 1 N–H and O–H groups in total. The summed E-state index contributed by atoms with van der Waals surface area (Å²) in [5, 5.41) is 3.10. The summed E-state index contributed by atoms with van der Waals surface area (Å²) in [4.78, 5) is 25.3. The molecule has 0 saturated heterocycles. The molecular formula is C18H18ClFN2O2S. The molecule has 4 nitrogen and oxygen atoms in total. The third kappa shape index (κ3) is 5.47. The Kier molecular flexibility index (Phi) is 6.84. The third-order valence-corrected chi connectivity index (χ3v) is 4.68. The summed E-state index contributed by atoms with van der Waals surface area (Å²) < 4.78 is 13.7. The second-order valence-corrected chi connectivity index (χ2v) is 6.91. The lowest BCUT2D eigenvalue weighted by Gasteiger charge is -2.11. The molecular weight excluding hydrogens is 363 g/mol. The predicted octanol–water partition coefficient (Wildman–Crippen LogP) is 4.05. The zero-order chi connectivity index (χ0) is 18.4. The van der Waals surface area contributed by atoms with Gasteiger partial charge in [0, 0.05) is 41.7 Å². The molecule has 0 radical (unpaired) electrons. The molecule has 0 aliphatic carbocycles. The highest BCUT2D eigenvalue weighted by atomic mass is 35.5. The normalized spacial score (nSPS) is 10.4. The maximum Gasteiger partial charge on any atom is 0.253 e. The minimum absolute atomic E-state index is 0.102. The van der Waals surface area contributed by atoms with Gasteiger partial charge in [-0.25, -0.2) is 4.39 Å². The first-order valence-corrected chi connectivity index (χ1v) is 9.04. The van der Waals surface area contributed by atoms with Gasteiger partial charge >= 0.3 is 0 Å². The van der Waals surface area contributed by atoms with Crippen molar-refractivity contribution < 1.29 is 14.0 Å². The van der Waals surface area contributed by atoms with Gasteiger partial charge in [0.25, 0.3) is 5.91 Å². The van der Waals surface area contributed by atoms with Crippen LogP contribution in [0, 0.1) is 5.82 Å². The Balaban J connectivity index is 1.85. The van der Waals surface area contributed by atoms with Crippen LogP contribution >= 0.6 is 23.4 Å².